The van der Waals surface area contributed by atoms with Crippen LogP contribution in [0, 0.1) is 0 Å². The first-order chi connectivity index (χ1) is 10.7. The van der Waals surface area contributed by atoms with Crippen molar-refractivity contribution in [2.75, 3.05) is 6.61 Å². The van der Waals surface area contributed by atoms with Crippen molar-refractivity contribution in [3.63, 3.8) is 0 Å². The Morgan fingerprint density at radius 2 is 1.95 bits per heavy atom. The maximum atomic E-state index is 12.5. The molecule has 1 aromatic carbocycles. The van der Waals surface area contributed by atoms with Gasteiger partial charge in [-0.2, -0.15) is 0 Å². The molecule has 4 heteroatoms. The van der Waals surface area contributed by atoms with Crippen LogP contribution in [0.4, 0.5) is 0 Å². The summed E-state index contributed by atoms with van der Waals surface area (Å²) in [4.78, 5) is 12.5. The molecule has 120 valence electrons. The summed E-state index contributed by atoms with van der Waals surface area (Å²) in [5.74, 6) is 0.812. The highest BCUT2D eigenvalue weighted by molar-refractivity contribution is 5.94. The van der Waals surface area contributed by atoms with Crippen molar-refractivity contribution in [1.29, 1.82) is 0 Å². The molecule has 1 fully saturated rings. The Kier molecular flexibility index (Phi) is 4.98. The first kappa shape index (κ1) is 15.3. The molecular formula is C18H25NO3. The molecule has 4 nitrogen and oxygen atoms in total. The van der Waals surface area contributed by atoms with Crippen molar-refractivity contribution in [3.8, 4) is 5.75 Å². The fourth-order valence-electron chi connectivity index (χ4n) is 3.39. The van der Waals surface area contributed by atoms with Crippen molar-refractivity contribution < 1.29 is 14.6 Å². The number of aliphatic hydroxyl groups excluding tert-OH is 1. The molecule has 1 aliphatic heterocycles. The Hall–Kier alpha value is -1.55. The average Bonchev–Trinajstić information content (AvgIpc) is 2.54. The monoisotopic (exact) mass is 303 g/mol. The predicted octanol–water partition coefficient (Wildman–Crippen LogP) is 2.83. The van der Waals surface area contributed by atoms with Crippen LogP contribution in [0.1, 0.15) is 60.9 Å². The van der Waals surface area contributed by atoms with Crippen molar-refractivity contribution in [1.82, 2.24) is 5.32 Å². The van der Waals surface area contributed by atoms with Gasteiger partial charge in [0.1, 0.15) is 5.75 Å². The maximum Gasteiger partial charge on any atom is 0.251 e. The number of aryl methyl sites for hydroxylation is 1. The zero-order chi connectivity index (χ0) is 15.4. The van der Waals surface area contributed by atoms with E-state index in [2.05, 4.69) is 5.32 Å². The van der Waals surface area contributed by atoms with Gasteiger partial charge in [-0.15, -0.1) is 0 Å². The highest BCUT2D eigenvalue weighted by Gasteiger charge is 2.23. The van der Waals surface area contributed by atoms with Crippen LogP contribution in [-0.4, -0.2) is 29.8 Å². The molecule has 3 rings (SSSR count). The van der Waals surface area contributed by atoms with E-state index in [-0.39, 0.29) is 11.9 Å². The molecule has 2 atom stereocenters. The Bertz CT molecular complexity index is 529. The lowest BCUT2D eigenvalue weighted by Gasteiger charge is -2.26. The molecule has 0 aromatic heterocycles. The van der Waals surface area contributed by atoms with Crippen LogP contribution in [0.2, 0.25) is 0 Å². The van der Waals surface area contributed by atoms with Crippen LogP contribution in [-0.2, 0) is 6.42 Å². The summed E-state index contributed by atoms with van der Waals surface area (Å²) in [6.45, 7) is 0.757. The van der Waals surface area contributed by atoms with E-state index in [4.69, 9.17) is 4.74 Å². The summed E-state index contributed by atoms with van der Waals surface area (Å²) >= 11 is 0. The smallest absolute Gasteiger partial charge is 0.251 e. The van der Waals surface area contributed by atoms with Gasteiger partial charge in [0.25, 0.3) is 5.91 Å². The van der Waals surface area contributed by atoms with E-state index in [9.17, 15) is 9.90 Å². The largest absolute Gasteiger partial charge is 0.493 e. The lowest BCUT2D eigenvalue weighted by Crippen LogP contribution is -2.43. The van der Waals surface area contributed by atoms with Gasteiger partial charge in [0.2, 0.25) is 0 Å². The fraction of sp³-hybridized carbons (Fsp3) is 0.611. The van der Waals surface area contributed by atoms with Gasteiger partial charge in [-0.05, 0) is 49.4 Å². The fourth-order valence-corrected chi connectivity index (χ4v) is 3.39. The molecular weight excluding hydrogens is 278 g/mol. The summed E-state index contributed by atoms with van der Waals surface area (Å²) in [7, 11) is 0. The van der Waals surface area contributed by atoms with Gasteiger partial charge >= 0.3 is 0 Å². The van der Waals surface area contributed by atoms with Gasteiger partial charge < -0.3 is 15.2 Å². The molecule has 2 aliphatic rings. The highest BCUT2D eigenvalue weighted by atomic mass is 16.5. The zero-order valence-corrected chi connectivity index (χ0v) is 13.0. The van der Waals surface area contributed by atoms with Gasteiger partial charge in [-0.1, -0.05) is 25.7 Å². The SMILES string of the molecule is O=C(N[C@H]1CCCCCC[C@@H]1O)c1ccc2c(c1)CCCO2. The minimum Gasteiger partial charge on any atom is -0.493 e. The molecule has 1 saturated carbocycles. The van der Waals surface area contributed by atoms with Crippen LogP contribution in [0.25, 0.3) is 0 Å². The Balaban J connectivity index is 1.67. The number of carbonyl (C=O) groups excluding carboxylic acids is 1. The number of amides is 1. The van der Waals surface area contributed by atoms with E-state index in [1.54, 1.807) is 0 Å². The minimum atomic E-state index is -0.426. The summed E-state index contributed by atoms with van der Waals surface area (Å²) in [5.41, 5.74) is 1.77. The molecule has 0 unspecified atom stereocenters. The van der Waals surface area contributed by atoms with Crippen LogP contribution in [0.15, 0.2) is 18.2 Å². The quantitative estimate of drug-likeness (QED) is 0.883. The third kappa shape index (κ3) is 3.61. The highest BCUT2D eigenvalue weighted by Crippen LogP contribution is 2.26. The molecule has 0 bridgehead atoms. The van der Waals surface area contributed by atoms with E-state index >= 15 is 0 Å². The van der Waals surface area contributed by atoms with Crippen molar-refractivity contribution >= 4 is 5.91 Å². The topological polar surface area (TPSA) is 58.6 Å². The number of ether oxygens (including phenoxy) is 1. The van der Waals surface area contributed by atoms with Crippen LogP contribution >= 0.6 is 0 Å². The third-order valence-corrected chi connectivity index (χ3v) is 4.72. The van der Waals surface area contributed by atoms with Crippen LogP contribution in [0.3, 0.4) is 0 Å². The molecule has 22 heavy (non-hydrogen) atoms. The molecule has 1 heterocycles. The number of nitrogens with one attached hydrogen (secondary N) is 1. The first-order valence-corrected chi connectivity index (χ1v) is 8.49. The molecule has 1 aromatic rings. The maximum absolute atomic E-state index is 12.5. The third-order valence-electron chi connectivity index (χ3n) is 4.72. The lowest BCUT2D eigenvalue weighted by atomic mass is 9.94. The number of fused-ring (bicyclic) bond motifs is 1. The Morgan fingerprint density at radius 3 is 2.82 bits per heavy atom. The number of benzene rings is 1. The number of rotatable bonds is 2. The Labute approximate surface area is 131 Å². The van der Waals surface area contributed by atoms with E-state index < -0.39 is 6.10 Å². The lowest BCUT2D eigenvalue weighted by molar-refractivity contribution is 0.0771. The van der Waals surface area contributed by atoms with Gasteiger partial charge in [0.05, 0.1) is 18.8 Å². The van der Waals surface area contributed by atoms with Crippen LogP contribution in [0.5, 0.6) is 5.75 Å². The average molecular weight is 303 g/mol. The van der Waals surface area contributed by atoms with Crippen molar-refractivity contribution in [2.45, 2.75) is 63.5 Å². The van der Waals surface area contributed by atoms with E-state index in [0.717, 1.165) is 56.4 Å². The number of hydrogen-bond donors (Lipinski definition) is 2. The van der Waals surface area contributed by atoms with Crippen LogP contribution < -0.4 is 10.1 Å². The minimum absolute atomic E-state index is 0.0852. The summed E-state index contributed by atoms with van der Waals surface area (Å²) in [6.07, 6.45) is 7.66. The summed E-state index contributed by atoms with van der Waals surface area (Å²) in [5, 5.41) is 13.3. The second-order valence-corrected chi connectivity index (χ2v) is 6.41. The molecule has 1 amide bonds. The van der Waals surface area contributed by atoms with Gasteiger partial charge in [-0.3, -0.25) is 4.79 Å². The molecule has 1 aliphatic carbocycles. The second-order valence-electron chi connectivity index (χ2n) is 6.41. The van der Waals surface area contributed by atoms with E-state index in [1.807, 2.05) is 18.2 Å². The molecule has 0 saturated heterocycles. The second kappa shape index (κ2) is 7.14. The normalized spacial score (nSPS) is 25.3. The standard InChI is InChI=1S/C18H25NO3/c20-16-8-4-2-1-3-7-15(16)19-18(21)14-9-10-17-13(12-14)6-5-11-22-17/h9-10,12,15-16,20H,1-8,11H2,(H,19,21)/t15-,16-/m0/s1. The predicted molar refractivity (Wildman–Crippen MR) is 85.2 cm³/mol. The molecule has 2 N–H and O–H groups in total. The number of aliphatic hydroxyl groups is 1. The first-order valence-electron chi connectivity index (χ1n) is 8.49. The van der Waals surface area contributed by atoms with Gasteiger partial charge in [-0.25, -0.2) is 0 Å². The summed E-state index contributed by atoms with van der Waals surface area (Å²) < 4.78 is 5.58. The van der Waals surface area contributed by atoms with E-state index in [0.29, 0.717) is 5.56 Å². The van der Waals surface area contributed by atoms with Crippen molar-refractivity contribution in [3.05, 3.63) is 29.3 Å². The summed E-state index contributed by atoms with van der Waals surface area (Å²) in [6, 6.07) is 5.51. The molecule has 0 radical (unpaired) electrons. The van der Waals surface area contributed by atoms with Gasteiger partial charge in [0, 0.05) is 5.56 Å². The Morgan fingerprint density at radius 1 is 1.14 bits per heavy atom. The zero-order valence-electron chi connectivity index (χ0n) is 13.0. The van der Waals surface area contributed by atoms with E-state index in [1.165, 1.54) is 12.8 Å². The molecule has 0 spiro atoms. The number of carbonyl (C=O) groups is 1. The van der Waals surface area contributed by atoms with Crippen molar-refractivity contribution in [2.24, 2.45) is 0 Å². The number of hydrogen-bond acceptors (Lipinski definition) is 3. The van der Waals surface area contributed by atoms with Gasteiger partial charge in [0.15, 0.2) is 0 Å².